The van der Waals surface area contributed by atoms with Gasteiger partial charge in [-0.15, -0.1) is 0 Å². The Balaban J connectivity index is 1.67. The summed E-state index contributed by atoms with van der Waals surface area (Å²) in [4.78, 5) is 28.2. The van der Waals surface area contributed by atoms with E-state index in [1.54, 1.807) is 19.3 Å². The molecule has 5 heteroatoms. The zero-order valence-electron chi connectivity index (χ0n) is 12.6. The molecular formula is C17H19N3O2. The third kappa shape index (κ3) is 2.88. The van der Waals surface area contributed by atoms with Crippen molar-refractivity contribution < 1.29 is 4.79 Å². The Hall–Kier alpha value is -2.56. The van der Waals surface area contributed by atoms with Crippen LogP contribution in [0, 0.1) is 0 Å². The Kier molecular flexibility index (Phi) is 3.96. The van der Waals surface area contributed by atoms with Crippen LogP contribution in [-0.2, 0) is 7.05 Å². The highest BCUT2D eigenvalue weighted by atomic mass is 16.2. The fraction of sp³-hybridized carbons (Fsp3) is 0.294. The molecule has 0 aliphatic carbocycles. The Bertz CT molecular complexity index is 716. The topological polar surface area (TPSA) is 45.6 Å². The molecule has 2 aromatic rings. The first-order valence-electron chi connectivity index (χ1n) is 7.41. The number of piperazine rings is 1. The zero-order valence-corrected chi connectivity index (χ0v) is 12.6. The molecule has 1 aromatic heterocycles. The number of anilines is 1. The maximum absolute atomic E-state index is 12.5. The number of aryl methyl sites for hydroxylation is 1. The first-order valence-corrected chi connectivity index (χ1v) is 7.41. The van der Waals surface area contributed by atoms with Crippen LogP contribution in [0.25, 0.3) is 0 Å². The molecule has 22 heavy (non-hydrogen) atoms. The minimum atomic E-state index is -0.159. The summed E-state index contributed by atoms with van der Waals surface area (Å²) in [6.45, 7) is 2.95. The predicted molar refractivity (Wildman–Crippen MR) is 86.2 cm³/mol. The number of nitrogens with zero attached hydrogens (tertiary/aromatic N) is 3. The molecule has 0 saturated carbocycles. The van der Waals surface area contributed by atoms with Crippen molar-refractivity contribution in [3.8, 4) is 0 Å². The van der Waals surface area contributed by atoms with Gasteiger partial charge in [0.1, 0.15) is 0 Å². The van der Waals surface area contributed by atoms with Gasteiger partial charge in [0.15, 0.2) is 0 Å². The molecule has 1 aliphatic rings. The van der Waals surface area contributed by atoms with Gasteiger partial charge >= 0.3 is 0 Å². The molecule has 0 unspecified atom stereocenters. The molecule has 3 rings (SSSR count). The normalized spacial score (nSPS) is 15.0. The number of carbonyl (C=O) groups is 1. The van der Waals surface area contributed by atoms with Gasteiger partial charge in [0.25, 0.3) is 11.5 Å². The van der Waals surface area contributed by atoms with Crippen molar-refractivity contribution in [2.24, 2.45) is 7.05 Å². The van der Waals surface area contributed by atoms with Crippen molar-refractivity contribution in [3.63, 3.8) is 0 Å². The number of hydrogen-bond acceptors (Lipinski definition) is 3. The molecule has 0 spiro atoms. The molecule has 5 nitrogen and oxygen atoms in total. The summed E-state index contributed by atoms with van der Waals surface area (Å²) in [5.74, 6) is -0.0644. The van der Waals surface area contributed by atoms with Crippen LogP contribution in [0.15, 0.2) is 53.5 Å². The number of hydrogen-bond donors (Lipinski definition) is 0. The Morgan fingerprint density at radius 3 is 2.32 bits per heavy atom. The SMILES string of the molecule is Cn1ccc(C(=O)N2CCN(c3ccccc3)CC2)cc1=O. The lowest BCUT2D eigenvalue weighted by atomic mass is 10.2. The second-order valence-electron chi connectivity index (χ2n) is 5.48. The van der Waals surface area contributed by atoms with E-state index in [1.807, 2.05) is 23.1 Å². The zero-order chi connectivity index (χ0) is 15.5. The van der Waals surface area contributed by atoms with Gasteiger partial charge in [0.2, 0.25) is 0 Å². The van der Waals surface area contributed by atoms with E-state index in [-0.39, 0.29) is 11.5 Å². The van der Waals surface area contributed by atoms with Crippen LogP contribution in [0.4, 0.5) is 5.69 Å². The minimum absolute atomic E-state index is 0.0644. The third-order valence-corrected chi connectivity index (χ3v) is 4.04. The number of carbonyl (C=O) groups excluding carboxylic acids is 1. The first-order chi connectivity index (χ1) is 10.6. The molecule has 0 radical (unpaired) electrons. The first kappa shape index (κ1) is 14.4. The number of amides is 1. The molecule has 1 aromatic carbocycles. The van der Waals surface area contributed by atoms with E-state index in [0.717, 1.165) is 13.1 Å². The van der Waals surface area contributed by atoms with Crippen molar-refractivity contribution >= 4 is 11.6 Å². The van der Waals surface area contributed by atoms with Crippen LogP contribution < -0.4 is 10.5 Å². The van der Waals surface area contributed by atoms with Gasteiger partial charge in [-0.05, 0) is 18.2 Å². The molecule has 2 heterocycles. The van der Waals surface area contributed by atoms with Crippen molar-refractivity contribution in [1.29, 1.82) is 0 Å². The summed E-state index contributed by atoms with van der Waals surface area (Å²) in [5, 5.41) is 0. The Morgan fingerprint density at radius 1 is 1.00 bits per heavy atom. The average Bonchev–Trinajstić information content (AvgIpc) is 2.58. The van der Waals surface area contributed by atoms with Gasteiger partial charge in [0.05, 0.1) is 0 Å². The molecule has 114 valence electrons. The summed E-state index contributed by atoms with van der Waals surface area (Å²) in [7, 11) is 1.68. The van der Waals surface area contributed by atoms with Gasteiger partial charge in [-0.2, -0.15) is 0 Å². The van der Waals surface area contributed by atoms with Crippen LogP contribution >= 0.6 is 0 Å². The monoisotopic (exact) mass is 297 g/mol. The number of para-hydroxylation sites is 1. The number of benzene rings is 1. The van der Waals surface area contributed by atoms with Gasteiger partial charge in [-0.3, -0.25) is 9.59 Å². The number of rotatable bonds is 2. The highest BCUT2D eigenvalue weighted by Gasteiger charge is 2.22. The van der Waals surface area contributed by atoms with Crippen molar-refractivity contribution in [2.75, 3.05) is 31.1 Å². The van der Waals surface area contributed by atoms with Gasteiger partial charge in [0, 0.05) is 56.7 Å². The van der Waals surface area contributed by atoms with Gasteiger partial charge in [-0.25, -0.2) is 0 Å². The van der Waals surface area contributed by atoms with E-state index < -0.39 is 0 Å². The van der Waals surface area contributed by atoms with Crippen LogP contribution in [0.2, 0.25) is 0 Å². The van der Waals surface area contributed by atoms with Crippen LogP contribution in [0.1, 0.15) is 10.4 Å². The summed E-state index contributed by atoms with van der Waals surface area (Å²) < 4.78 is 1.46. The summed E-state index contributed by atoms with van der Waals surface area (Å²) in [6.07, 6.45) is 1.63. The smallest absolute Gasteiger partial charge is 0.254 e. The Labute approximate surface area is 129 Å². The van der Waals surface area contributed by atoms with Crippen molar-refractivity contribution in [2.45, 2.75) is 0 Å². The molecule has 1 fully saturated rings. The van der Waals surface area contributed by atoms with E-state index in [1.165, 1.54) is 16.3 Å². The lowest BCUT2D eigenvalue weighted by Crippen LogP contribution is -2.49. The van der Waals surface area contributed by atoms with Crippen molar-refractivity contribution in [3.05, 3.63) is 64.6 Å². The molecule has 1 amide bonds. The number of aromatic nitrogens is 1. The van der Waals surface area contributed by atoms with Crippen LogP contribution in [-0.4, -0.2) is 41.6 Å². The standard InChI is InChI=1S/C17H19N3O2/c1-18-8-7-14(13-16(18)21)17(22)20-11-9-19(10-12-20)15-5-3-2-4-6-15/h2-8,13H,9-12H2,1H3. The molecule has 0 atom stereocenters. The number of pyridine rings is 1. The second kappa shape index (κ2) is 6.05. The quantitative estimate of drug-likeness (QED) is 0.840. The fourth-order valence-electron chi connectivity index (χ4n) is 2.67. The van der Waals surface area contributed by atoms with Crippen molar-refractivity contribution in [1.82, 2.24) is 9.47 Å². The van der Waals surface area contributed by atoms with E-state index in [2.05, 4.69) is 17.0 Å². The average molecular weight is 297 g/mol. The second-order valence-corrected chi connectivity index (χ2v) is 5.48. The maximum Gasteiger partial charge on any atom is 0.254 e. The molecule has 1 aliphatic heterocycles. The molecular weight excluding hydrogens is 278 g/mol. The van der Waals surface area contributed by atoms with Crippen LogP contribution in [0.5, 0.6) is 0 Å². The third-order valence-electron chi connectivity index (χ3n) is 4.04. The molecule has 0 bridgehead atoms. The van der Waals surface area contributed by atoms with E-state index in [0.29, 0.717) is 18.7 Å². The summed E-state index contributed by atoms with van der Waals surface area (Å²) in [5.41, 5.74) is 1.49. The molecule has 0 N–H and O–H groups in total. The fourth-order valence-corrected chi connectivity index (χ4v) is 2.67. The lowest BCUT2D eigenvalue weighted by molar-refractivity contribution is 0.0746. The van der Waals surface area contributed by atoms with Gasteiger partial charge < -0.3 is 14.4 Å². The van der Waals surface area contributed by atoms with Gasteiger partial charge in [-0.1, -0.05) is 18.2 Å². The maximum atomic E-state index is 12.5. The predicted octanol–water partition coefficient (Wildman–Crippen LogP) is 1.35. The highest BCUT2D eigenvalue weighted by molar-refractivity contribution is 5.94. The largest absolute Gasteiger partial charge is 0.368 e. The van der Waals surface area contributed by atoms with E-state index in [9.17, 15) is 9.59 Å². The van der Waals surface area contributed by atoms with Crippen LogP contribution in [0.3, 0.4) is 0 Å². The molecule has 1 saturated heterocycles. The summed E-state index contributed by atoms with van der Waals surface area (Å²) in [6, 6.07) is 13.3. The highest BCUT2D eigenvalue weighted by Crippen LogP contribution is 2.16. The Morgan fingerprint density at radius 2 is 1.68 bits per heavy atom. The lowest BCUT2D eigenvalue weighted by Gasteiger charge is -2.36. The van der Waals surface area contributed by atoms with E-state index in [4.69, 9.17) is 0 Å². The summed E-state index contributed by atoms with van der Waals surface area (Å²) >= 11 is 0. The minimum Gasteiger partial charge on any atom is -0.368 e. The van der Waals surface area contributed by atoms with E-state index >= 15 is 0 Å².